The molecule has 1 aromatic carbocycles. The number of nitrogens with two attached hydrogens (primary N) is 1. The molecule has 0 saturated carbocycles. The summed E-state index contributed by atoms with van der Waals surface area (Å²) >= 11 is 0. The molecule has 0 saturated heterocycles. The van der Waals surface area contributed by atoms with Gasteiger partial charge in [-0.25, -0.2) is 0 Å². The van der Waals surface area contributed by atoms with Crippen molar-refractivity contribution in [2.45, 2.75) is 52.4 Å². The van der Waals surface area contributed by atoms with E-state index in [9.17, 15) is 4.79 Å². The van der Waals surface area contributed by atoms with Crippen molar-refractivity contribution in [1.82, 2.24) is 0 Å². The third-order valence-corrected chi connectivity index (χ3v) is 3.25. The number of rotatable bonds is 6. The summed E-state index contributed by atoms with van der Waals surface area (Å²) in [6, 6.07) is 6.31. The maximum absolute atomic E-state index is 11.8. The van der Waals surface area contributed by atoms with Crippen LogP contribution in [0.15, 0.2) is 18.2 Å². The number of carbonyl (C=O) groups excluding carboxylic acids is 1. The molecule has 3 heteroatoms. The zero-order chi connectivity index (χ0) is 14.4. The molecule has 1 rings (SSSR count). The quantitative estimate of drug-likeness (QED) is 0.822. The molecular weight excluding hydrogens is 236 g/mol. The maximum atomic E-state index is 11.8. The summed E-state index contributed by atoms with van der Waals surface area (Å²) in [4.78, 5) is 11.8. The summed E-state index contributed by atoms with van der Waals surface area (Å²) in [5, 5.41) is 3.00. The Morgan fingerprint density at radius 3 is 2.42 bits per heavy atom. The second-order valence-electron chi connectivity index (χ2n) is 5.60. The Morgan fingerprint density at radius 1 is 1.21 bits per heavy atom. The van der Waals surface area contributed by atoms with Gasteiger partial charge in [-0.05, 0) is 42.0 Å². The molecule has 3 nitrogen and oxygen atoms in total. The minimum absolute atomic E-state index is 0.0460. The summed E-state index contributed by atoms with van der Waals surface area (Å²) in [6.07, 6.45) is 1.22. The lowest BCUT2D eigenvalue weighted by Gasteiger charge is -2.17. The van der Waals surface area contributed by atoms with Crippen molar-refractivity contribution >= 4 is 11.6 Å². The zero-order valence-corrected chi connectivity index (χ0v) is 12.5. The van der Waals surface area contributed by atoms with E-state index in [1.165, 1.54) is 11.1 Å². The predicted octanol–water partition coefficient (Wildman–Crippen LogP) is 3.61. The van der Waals surface area contributed by atoms with Gasteiger partial charge in [-0.3, -0.25) is 4.79 Å². The zero-order valence-electron chi connectivity index (χ0n) is 12.5. The molecule has 0 aliphatic carbocycles. The van der Waals surface area contributed by atoms with E-state index < -0.39 is 0 Å². The van der Waals surface area contributed by atoms with E-state index in [0.29, 0.717) is 24.8 Å². The van der Waals surface area contributed by atoms with E-state index in [4.69, 9.17) is 5.73 Å². The van der Waals surface area contributed by atoms with E-state index in [-0.39, 0.29) is 5.91 Å². The number of amides is 1. The SMILES string of the molecule is CC(C)c1ccc(NC(=O)CCCN)c(C(C)C)c1. The van der Waals surface area contributed by atoms with E-state index in [0.717, 1.165) is 12.1 Å². The van der Waals surface area contributed by atoms with Gasteiger partial charge in [0.25, 0.3) is 0 Å². The fraction of sp³-hybridized carbons (Fsp3) is 0.562. The smallest absolute Gasteiger partial charge is 0.224 e. The van der Waals surface area contributed by atoms with E-state index in [1.54, 1.807) is 0 Å². The minimum atomic E-state index is 0.0460. The molecule has 0 heterocycles. The van der Waals surface area contributed by atoms with Gasteiger partial charge in [-0.15, -0.1) is 0 Å². The molecule has 1 aromatic rings. The van der Waals surface area contributed by atoms with Crippen LogP contribution in [-0.4, -0.2) is 12.5 Å². The van der Waals surface area contributed by atoms with Crippen molar-refractivity contribution in [2.75, 3.05) is 11.9 Å². The molecule has 0 radical (unpaired) electrons. The van der Waals surface area contributed by atoms with Gasteiger partial charge in [-0.1, -0.05) is 39.8 Å². The van der Waals surface area contributed by atoms with Crippen LogP contribution in [0.4, 0.5) is 5.69 Å². The number of hydrogen-bond acceptors (Lipinski definition) is 2. The Labute approximate surface area is 116 Å². The van der Waals surface area contributed by atoms with E-state index in [2.05, 4.69) is 45.1 Å². The standard InChI is InChI=1S/C16H26N2O/c1-11(2)13-7-8-15(14(10-13)12(3)4)18-16(19)6-5-9-17/h7-8,10-12H,5-6,9,17H2,1-4H3,(H,18,19). The van der Waals surface area contributed by atoms with Crippen molar-refractivity contribution in [3.63, 3.8) is 0 Å². The highest BCUT2D eigenvalue weighted by molar-refractivity contribution is 5.91. The van der Waals surface area contributed by atoms with Gasteiger partial charge < -0.3 is 11.1 Å². The number of nitrogens with one attached hydrogen (secondary N) is 1. The summed E-state index contributed by atoms with van der Waals surface area (Å²) in [7, 11) is 0. The van der Waals surface area contributed by atoms with Crippen molar-refractivity contribution in [2.24, 2.45) is 5.73 Å². The Balaban J connectivity index is 2.91. The topological polar surface area (TPSA) is 55.1 Å². The van der Waals surface area contributed by atoms with E-state index in [1.807, 2.05) is 6.07 Å². The van der Waals surface area contributed by atoms with Gasteiger partial charge in [0.2, 0.25) is 5.91 Å². The molecule has 19 heavy (non-hydrogen) atoms. The number of anilines is 1. The number of benzene rings is 1. The van der Waals surface area contributed by atoms with Crippen LogP contribution in [-0.2, 0) is 4.79 Å². The highest BCUT2D eigenvalue weighted by Gasteiger charge is 2.11. The lowest BCUT2D eigenvalue weighted by molar-refractivity contribution is -0.116. The first-order valence-electron chi connectivity index (χ1n) is 7.09. The molecule has 0 aliphatic rings. The van der Waals surface area contributed by atoms with Gasteiger partial charge in [0, 0.05) is 12.1 Å². The lowest BCUT2D eigenvalue weighted by atomic mass is 9.94. The molecule has 1 amide bonds. The average Bonchev–Trinajstić information content (AvgIpc) is 2.36. The Hall–Kier alpha value is -1.35. The second kappa shape index (κ2) is 7.29. The first-order chi connectivity index (χ1) is 8.95. The number of hydrogen-bond donors (Lipinski definition) is 2. The minimum Gasteiger partial charge on any atom is -0.330 e. The maximum Gasteiger partial charge on any atom is 0.224 e. The van der Waals surface area contributed by atoms with Crippen molar-refractivity contribution in [3.8, 4) is 0 Å². The van der Waals surface area contributed by atoms with Crippen LogP contribution in [0.5, 0.6) is 0 Å². The van der Waals surface area contributed by atoms with Gasteiger partial charge in [0.1, 0.15) is 0 Å². The fourth-order valence-corrected chi connectivity index (χ4v) is 2.01. The second-order valence-corrected chi connectivity index (χ2v) is 5.60. The molecule has 0 aliphatic heterocycles. The first-order valence-corrected chi connectivity index (χ1v) is 7.09. The Kier molecular flexibility index (Phi) is 6.03. The molecule has 3 N–H and O–H groups in total. The summed E-state index contributed by atoms with van der Waals surface area (Å²) in [5.74, 6) is 0.938. The van der Waals surface area contributed by atoms with Crippen LogP contribution >= 0.6 is 0 Å². The highest BCUT2D eigenvalue weighted by atomic mass is 16.1. The summed E-state index contributed by atoms with van der Waals surface area (Å²) in [6.45, 7) is 9.21. The van der Waals surface area contributed by atoms with Crippen molar-refractivity contribution in [3.05, 3.63) is 29.3 Å². The van der Waals surface area contributed by atoms with Crippen molar-refractivity contribution in [1.29, 1.82) is 0 Å². The summed E-state index contributed by atoms with van der Waals surface area (Å²) < 4.78 is 0. The Bertz CT molecular complexity index is 425. The van der Waals surface area contributed by atoms with Crippen LogP contribution in [0, 0.1) is 0 Å². The van der Waals surface area contributed by atoms with Gasteiger partial charge in [0.05, 0.1) is 0 Å². The molecule has 0 atom stereocenters. The van der Waals surface area contributed by atoms with Crippen molar-refractivity contribution < 1.29 is 4.79 Å². The molecule has 106 valence electrons. The monoisotopic (exact) mass is 262 g/mol. The van der Waals surface area contributed by atoms with Crippen LogP contribution in [0.2, 0.25) is 0 Å². The molecule has 0 fully saturated rings. The third-order valence-electron chi connectivity index (χ3n) is 3.25. The Morgan fingerprint density at radius 2 is 1.89 bits per heavy atom. The predicted molar refractivity (Wildman–Crippen MR) is 81.5 cm³/mol. The van der Waals surface area contributed by atoms with Gasteiger partial charge >= 0.3 is 0 Å². The average molecular weight is 262 g/mol. The first kappa shape index (κ1) is 15.7. The lowest BCUT2D eigenvalue weighted by Crippen LogP contribution is -2.15. The number of carbonyl (C=O) groups is 1. The fourth-order valence-electron chi connectivity index (χ4n) is 2.01. The van der Waals surface area contributed by atoms with Gasteiger partial charge in [-0.2, -0.15) is 0 Å². The molecule has 0 unspecified atom stereocenters. The largest absolute Gasteiger partial charge is 0.330 e. The third kappa shape index (κ3) is 4.67. The molecule has 0 bridgehead atoms. The van der Waals surface area contributed by atoms with E-state index >= 15 is 0 Å². The molecule has 0 aromatic heterocycles. The van der Waals surface area contributed by atoms with Crippen LogP contribution in [0.3, 0.4) is 0 Å². The highest BCUT2D eigenvalue weighted by Crippen LogP contribution is 2.28. The van der Waals surface area contributed by atoms with Crippen LogP contribution in [0.25, 0.3) is 0 Å². The van der Waals surface area contributed by atoms with Gasteiger partial charge in [0.15, 0.2) is 0 Å². The summed E-state index contributed by atoms with van der Waals surface area (Å²) in [5.41, 5.74) is 8.86. The van der Waals surface area contributed by atoms with Crippen LogP contribution < -0.4 is 11.1 Å². The van der Waals surface area contributed by atoms with Crippen LogP contribution in [0.1, 0.15) is 63.5 Å². The molecular formula is C16H26N2O. The molecule has 0 spiro atoms. The normalized spacial score (nSPS) is 11.1.